The SMILES string of the molecule is Cc1c(O)c(O)c(C)c2ccccc12. The zero-order valence-corrected chi connectivity index (χ0v) is 8.20. The van der Waals surface area contributed by atoms with Crippen LogP contribution in [0.25, 0.3) is 10.8 Å². The molecule has 0 saturated heterocycles. The lowest BCUT2D eigenvalue weighted by molar-refractivity contribution is 0.400. The number of benzene rings is 2. The number of hydrogen-bond acceptors (Lipinski definition) is 2. The second-order valence-corrected chi connectivity index (χ2v) is 3.49. The molecule has 2 nitrogen and oxygen atoms in total. The highest BCUT2D eigenvalue weighted by Gasteiger charge is 2.11. The second kappa shape index (κ2) is 2.91. The molecule has 0 aromatic heterocycles. The minimum Gasteiger partial charge on any atom is -0.504 e. The maximum atomic E-state index is 9.64. The van der Waals surface area contributed by atoms with Crippen molar-refractivity contribution >= 4 is 10.8 Å². The van der Waals surface area contributed by atoms with Crippen LogP contribution in [0.3, 0.4) is 0 Å². The molecule has 0 unspecified atom stereocenters. The van der Waals surface area contributed by atoms with Crippen molar-refractivity contribution in [2.45, 2.75) is 13.8 Å². The van der Waals surface area contributed by atoms with E-state index in [1.807, 2.05) is 24.3 Å². The topological polar surface area (TPSA) is 40.5 Å². The van der Waals surface area contributed by atoms with E-state index in [0.29, 0.717) is 0 Å². The monoisotopic (exact) mass is 188 g/mol. The van der Waals surface area contributed by atoms with Crippen molar-refractivity contribution in [2.75, 3.05) is 0 Å². The van der Waals surface area contributed by atoms with Gasteiger partial charge in [-0.25, -0.2) is 0 Å². The number of aryl methyl sites for hydroxylation is 2. The first-order valence-corrected chi connectivity index (χ1v) is 4.52. The lowest BCUT2D eigenvalue weighted by Gasteiger charge is -2.10. The molecule has 2 aromatic rings. The third-order valence-corrected chi connectivity index (χ3v) is 2.67. The van der Waals surface area contributed by atoms with Gasteiger partial charge in [0, 0.05) is 11.1 Å². The van der Waals surface area contributed by atoms with E-state index in [-0.39, 0.29) is 11.5 Å². The molecule has 2 N–H and O–H groups in total. The summed E-state index contributed by atoms with van der Waals surface area (Å²) in [7, 11) is 0. The van der Waals surface area contributed by atoms with Gasteiger partial charge in [-0.15, -0.1) is 0 Å². The van der Waals surface area contributed by atoms with Crippen molar-refractivity contribution in [3.8, 4) is 11.5 Å². The number of fused-ring (bicyclic) bond motifs is 1. The molecule has 0 amide bonds. The van der Waals surface area contributed by atoms with Gasteiger partial charge in [0.05, 0.1) is 0 Å². The van der Waals surface area contributed by atoms with Crippen molar-refractivity contribution in [1.29, 1.82) is 0 Å². The van der Waals surface area contributed by atoms with Gasteiger partial charge in [0.25, 0.3) is 0 Å². The summed E-state index contributed by atoms with van der Waals surface area (Å²) in [6, 6.07) is 7.73. The maximum absolute atomic E-state index is 9.64. The van der Waals surface area contributed by atoms with Gasteiger partial charge in [-0.1, -0.05) is 24.3 Å². The summed E-state index contributed by atoms with van der Waals surface area (Å²) >= 11 is 0. The molecule has 0 aliphatic rings. The van der Waals surface area contributed by atoms with Gasteiger partial charge in [0.1, 0.15) is 0 Å². The van der Waals surface area contributed by atoms with Crippen LogP contribution in [0.15, 0.2) is 24.3 Å². The Balaban J connectivity index is 3.02. The van der Waals surface area contributed by atoms with Gasteiger partial charge in [-0.05, 0) is 24.6 Å². The van der Waals surface area contributed by atoms with Gasteiger partial charge < -0.3 is 10.2 Å². The van der Waals surface area contributed by atoms with Crippen LogP contribution in [0, 0.1) is 13.8 Å². The van der Waals surface area contributed by atoms with Crippen molar-refractivity contribution in [3.05, 3.63) is 35.4 Å². The summed E-state index contributed by atoms with van der Waals surface area (Å²) in [5.74, 6) is -0.0256. The van der Waals surface area contributed by atoms with Gasteiger partial charge in [-0.2, -0.15) is 0 Å². The summed E-state index contributed by atoms with van der Waals surface area (Å²) < 4.78 is 0. The first-order valence-electron chi connectivity index (χ1n) is 4.52. The molecule has 0 aliphatic heterocycles. The standard InChI is InChI=1S/C12H12O2/c1-7-9-5-3-4-6-10(9)8(2)12(14)11(7)13/h3-6,13-14H,1-2H3. The fourth-order valence-corrected chi connectivity index (χ4v) is 1.75. The van der Waals surface area contributed by atoms with Gasteiger partial charge in [-0.3, -0.25) is 0 Å². The lowest BCUT2D eigenvalue weighted by Crippen LogP contribution is -1.85. The van der Waals surface area contributed by atoms with Crippen LogP contribution >= 0.6 is 0 Å². The summed E-state index contributed by atoms with van der Waals surface area (Å²) in [6.07, 6.45) is 0. The molecule has 0 spiro atoms. The molecule has 0 bridgehead atoms. The molecule has 0 aliphatic carbocycles. The normalized spacial score (nSPS) is 10.7. The second-order valence-electron chi connectivity index (χ2n) is 3.49. The van der Waals surface area contributed by atoms with Gasteiger partial charge in [0.2, 0.25) is 0 Å². The number of phenols is 2. The van der Waals surface area contributed by atoms with E-state index in [1.165, 1.54) is 0 Å². The number of aromatic hydroxyl groups is 2. The van der Waals surface area contributed by atoms with Crippen molar-refractivity contribution in [2.24, 2.45) is 0 Å². The van der Waals surface area contributed by atoms with E-state index in [9.17, 15) is 10.2 Å². The molecule has 2 aromatic carbocycles. The van der Waals surface area contributed by atoms with E-state index in [1.54, 1.807) is 13.8 Å². The highest BCUT2D eigenvalue weighted by Crippen LogP contribution is 2.38. The molecular formula is C12H12O2. The fourth-order valence-electron chi connectivity index (χ4n) is 1.75. The average molecular weight is 188 g/mol. The molecule has 14 heavy (non-hydrogen) atoms. The van der Waals surface area contributed by atoms with E-state index in [4.69, 9.17) is 0 Å². The van der Waals surface area contributed by atoms with Crippen molar-refractivity contribution in [1.82, 2.24) is 0 Å². The van der Waals surface area contributed by atoms with Crippen molar-refractivity contribution in [3.63, 3.8) is 0 Å². The molecule has 72 valence electrons. The van der Waals surface area contributed by atoms with Gasteiger partial charge >= 0.3 is 0 Å². The Labute approximate surface area is 82.4 Å². The molecule has 0 heterocycles. The Morgan fingerprint density at radius 1 is 0.786 bits per heavy atom. The zero-order valence-electron chi connectivity index (χ0n) is 8.20. The minimum absolute atomic E-state index is 0.0128. The Morgan fingerprint density at radius 2 is 1.14 bits per heavy atom. The average Bonchev–Trinajstić information content (AvgIpc) is 2.23. The summed E-state index contributed by atoms with van der Waals surface area (Å²) in [4.78, 5) is 0. The lowest BCUT2D eigenvalue weighted by atomic mass is 9.99. The largest absolute Gasteiger partial charge is 0.504 e. The molecule has 0 fully saturated rings. The molecule has 0 saturated carbocycles. The van der Waals surface area contributed by atoms with E-state index in [0.717, 1.165) is 21.9 Å². The van der Waals surface area contributed by atoms with Crippen LogP contribution in [0.2, 0.25) is 0 Å². The van der Waals surface area contributed by atoms with Crippen LogP contribution in [0.5, 0.6) is 11.5 Å². The highest BCUT2D eigenvalue weighted by atomic mass is 16.3. The van der Waals surface area contributed by atoms with Gasteiger partial charge in [0.15, 0.2) is 11.5 Å². The van der Waals surface area contributed by atoms with Crippen LogP contribution in [-0.2, 0) is 0 Å². The third-order valence-electron chi connectivity index (χ3n) is 2.67. The predicted molar refractivity (Wildman–Crippen MR) is 56.8 cm³/mol. The Hall–Kier alpha value is -1.70. The Kier molecular flexibility index (Phi) is 1.84. The molecule has 2 heteroatoms. The summed E-state index contributed by atoms with van der Waals surface area (Å²) in [6.45, 7) is 3.60. The molecular weight excluding hydrogens is 176 g/mol. The molecule has 0 atom stereocenters. The number of rotatable bonds is 0. The Bertz CT molecular complexity index is 455. The Morgan fingerprint density at radius 3 is 1.50 bits per heavy atom. The summed E-state index contributed by atoms with van der Waals surface area (Å²) in [5, 5.41) is 21.2. The van der Waals surface area contributed by atoms with Crippen LogP contribution < -0.4 is 0 Å². The minimum atomic E-state index is -0.0128. The van der Waals surface area contributed by atoms with Crippen LogP contribution in [0.1, 0.15) is 11.1 Å². The quantitative estimate of drug-likeness (QED) is 0.624. The number of hydrogen-bond donors (Lipinski definition) is 2. The zero-order chi connectivity index (χ0) is 10.3. The molecule has 2 rings (SSSR count). The van der Waals surface area contributed by atoms with E-state index < -0.39 is 0 Å². The van der Waals surface area contributed by atoms with Crippen LogP contribution in [-0.4, -0.2) is 10.2 Å². The number of phenolic OH excluding ortho intramolecular Hbond substituents is 2. The molecule has 0 radical (unpaired) electrons. The highest BCUT2D eigenvalue weighted by molar-refractivity contribution is 5.92. The predicted octanol–water partition coefficient (Wildman–Crippen LogP) is 2.87. The first-order chi connectivity index (χ1) is 6.63. The van der Waals surface area contributed by atoms with Crippen molar-refractivity contribution < 1.29 is 10.2 Å². The van der Waals surface area contributed by atoms with E-state index in [2.05, 4.69) is 0 Å². The van der Waals surface area contributed by atoms with E-state index >= 15 is 0 Å². The fraction of sp³-hybridized carbons (Fsp3) is 0.167. The maximum Gasteiger partial charge on any atom is 0.161 e. The summed E-state index contributed by atoms with van der Waals surface area (Å²) in [5.41, 5.74) is 1.45. The van der Waals surface area contributed by atoms with Crippen LogP contribution in [0.4, 0.5) is 0 Å². The smallest absolute Gasteiger partial charge is 0.161 e. The first kappa shape index (κ1) is 8.88. The third kappa shape index (κ3) is 1.04.